The lowest BCUT2D eigenvalue weighted by Gasteiger charge is -2.12. The molecule has 4 heteroatoms. The third kappa shape index (κ3) is 4.42. The van der Waals surface area contributed by atoms with E-state index in [1.54, 1.807) is 18.2 Å². The maximum atomic E-state index is 13.2. The van der Waals surface area contributed by atoms with E-state index in [-0.39, 0.29) is 19.0 Å². The predicted molar refractivity (Wildman–Crippen MR) is 63.1 cm³/mol. The molecule has 17 heavy (non-hydrogen) atoms. The predicted octanol–water partition coefficient (Wildman–Crippen LogP) is 1.46. The van der Waals surface area contributed by atoms with E-state index >= 15 is 0 Å². The minimum absolute atomic E-state index is 0.202. The van der Waals surface area contributed by atoms with Crippen LogP contribution in [0.25, 0.3) is 0 Å². The third-order valence-corrected chi connectivity index (χ3v) is 2.75. The van der Waals surface area contributed by atoms with E-state index < -0.39 is 6.10 Å². The second-order valence-electron chi connectivity index (χ2n) is 4.44. The number of benzene rings is 1. The Morgan fingerprint density at radius 1 is 1.41 bits per heavy atom. The highest BCUT2D eigenvalue weighted by molar-refractivity contribution is 5.16. The Morgan fingerprint density at radius 2 is 2.18 bits per heavy atom. The van der Waals surface area contributed by atoms with Gasteiger partial charge in [-0.15, -0.1) is 0 Å². The topological polar surface area (TPSA) is 41.5 Å². The van der Waals surface area contributed by atoms with Gasteiger partial charge in [0.05, 0.1) is 19.3 Å². The summed E-state index contributed by atoms with van der Waals surface area (Å²) in [6, 6.07) is 7.09. The molecule has 1 aliphatic rings. The van der Waals surface area contributed by atoms with Crippen molar-refractivity contribution in [2.45, 2.75) is 31.6 Å². The maximum absolute atomic E-state index is 13.2. The highest BCUT2D eigenvalue weighted by Crippen LogP contribution is 2.18. The van der Waals surface area contributed by atoms with Gasteiger partial charge < -0.3 is 15.2 Å². The molecule has 0 spiro atoms. The Morgan fingerprint density at radius 3 is 2.88 bits per heavy atom. The molecule has 2 N–H and O–H groups in total. The smallest absolute Gasteiger partial charge is 0.128 e. The van der Waals surface area contributed by atoms with Crippen molar-refractivity contribution < 1.29 is 14.2 Å². The van der Waals surface area contributed by atoms with Crippen LogP contribution in [0.15, 0.2) is 24.3 Å². The van der Waals surface area contributed by atoms with E-state index in [1.807, 2.05) is 0 Å². The summed E-state index contributed by atoms with van der Waals surface area (Å²) in [6.45, 7) is 0.975. The van der Waals surface area contributed by atoms with Gasteiger partial charge in [-0.1, -0.05) is 18.2 Å². The van der Waals surface area contributed by atoms with E-state index in [2.05, 4.69) is 5.32 Å². The highest BCUT2D eigenvalue weighted by Gasteiger charge is 2.21. The lowest BCUT2D eigenvalue weighted by molar-refractivity contribution is 0.0277. The van der Waals surface area contributed by atoms with E-state index in [4.69, 9.17) is 4.74 Å². The Kier molecular flexibility index (Phi) is 4.48. The first-order chi connectivity index (χ1) is 8.25. The van der Waals surface area contributed by atoms with Crippen molar-refractivity contribution in [1.82, 2.24) is 5.32 Å². The molecule has 1 saturated carbocycles. The quantitative estimate of drug-likeness (QED) is 0.757. The average Bonchev–Trinajstić information content (AvgIpc) is 3.13. The van der Waals surface area contributed by atoms with Crippen LogP contribution in [-0.2, 0) is 11.3 Å². The Bertz CT molecular complexity index is 355. The molecule has 1 fully saturated rings. The van der Waals surface area contributed by atoms with Crippen LogP contribution < -0.4 is 5.32 Å². The molecule has 0 saturated heterocycles. The Balaban J connectivity index is 1.62. The highest BCUT2D eigenvalue weighted by atomic mass is 19.1. The number of hydrogen-bond acceptors (Lipinski definition) is 3. The monoisotopic (exact) mass is 239 g/mol. The normalized spacial score (nSPS) is 17.1. The summed E-state index contributed by atoms with van der Waals surface area (Å²) in [5.41, 5.74) is 0.523. The molecule has 0 amide bonds. The molecule has 1 atom stereocenters. The fraction of sp³-hybridized carbons (Fsp3) is 0.538. The van der Waals surface area contributed by atoms with E-state index in [0.29, 0.717) is 18.2 Å². The molecule has 0 bridgehead atoms. The maximum Gasteiger partial charge on any atom is 0.128 e. The summed E-state index contributed by atoms with van der Waals surface area (Å²) >= 11 is 0. The number of halogens is 1. The first-order valence-electron chi connectivity index (χ1n) is 5.98. The molecule has 2 rings (SSSR count). The summed E-state index contributed by atoms with van der Waals surface area (Å²) < 4.78 is 18.5. The molecule has 0 aliphatic heterocycles. The Hall–Kier alpha value is -0.970. The number of aliphatic hydroxyl groups excluding tert-OH is 1. The van der Waals surface area contributed by atoms with E-state index in [1.165, 1.54) is 18.9 Å². The van der Waals surface area contributed by atoms with Crippen molar-refractivity contribution in [3.05, 3.63) is 35.6 Å². The zero-order valence-electron chi connectivity index (χ0n) is 9.73. The number of aliphatic hydroxyl groups is 1. The van der Waals surface area contributed by atoms with Gasteiger partial charge >= 0.3 is 0 Å². The van der Waals surface area contributed by atoms with Crippen molar-refractivity contribution in [2.75, 3.05) is 13.2 Å². The fourth-order valence-electron chi connectivity index (χ4n) is 1.57. The van der Waals surface area contributed by atoms with Crippen LogP contribution in [0.5, 0.6) is 0 Å². The molecule has 0 heterocycles. The lowest BCUT2D eigenvalue weighted by atomic mass is 10.2. The van der Waals surface area contributed by atoms with Crippen molar-refractivity contribution in [2.24, 2.45) is 0 Å². The number of nitrogens with one attached hydrogen (secondary N) is 1. The van der Waals surface area contributed by atoms with E-state index in [9.17, 15) is 9.50 Å². The van der Waals surface area contributed by atoms with Crippen molar-refractivity contribution in [1.29, 1.82) is 0 Å². The van der Waals surface area contributed by atoms with Gasteiger partial charge in [-0.3, -0.25) is 0 Å². The van der Waals surface area contributed by atoms with Crippen molar-refractivity contribution >= 4 is 0 Å². The van der Waals surface area contributed by atoms with Crippen molar-refractivity contribution in [3.8, 4) is 0 Å². The lowest BCUT2D eigenvalue weighted by Crippen LogP contribution is -2.31. The second kappa shape index (κ2) is 6.10. The summed E-state index contributed by atoms with van der Waals surface area (Å²) in [7, 11) is 0. The molecular weight excluding hydrogens is 221 g/mol. The summed E-state index contributed by atoms with van der Waals surface area (Å²) in [6.07, 6.45) is 1.87. The molecule has 3 nitrogen and oxygen atoms in total. The van der Waals surface area contributed by atoms with Gasteiger partial charge in [0.1, 0.15) is 5.82 Å². The van der Waals surface area contributed by atoms with Gasteiger partial charge in [0, 0.05) is 18.2 Å². The second-order valence-corrected chi connectivity index (χ2v) is 4.44. The van der Waals surface area contributed by atoms with Gasteiger partial charge in [-0.05, 0) is 18.9 Å². The standard InChI is InChI=1S/C13H18FNO2/c14-13-4-2-1-3-10(13)8-17-9-12(16)7-15-11-5-6-11/h1-4,11-12,15-16H,5-9H2. The molecule has 1 aromatic carbocycles. The first-order valence-corrected chi connectivity index (χ1v) is 5.98. The van der Waals surface area contributed by atoms with Crippen LogP contribution in [0, 0.1) is 5.82 Å². The van der Waals surface area contributed by atoms with Gasteiger partial charge in [-0.2, -0.15) is 0 Å². The van der Waals surface area contributed by atoms with Crippen LogP contribution in [0.4, 0.5) is 4.39 Å². The van der Waals surface area contributed by atoms with Crippen LogP contribution in [-0.4, -0.2) is 30.4 Å². The molecule has 94 valence electrons. The molecule has 1 aromatic rings. The summed E-state index contributed by atoms with van der Waals surface area (Å²) in [4.78, 5) is 0. The first kappa shape index (κ1) is 12.5. The Labute approximate surface area is 101 Å². The summed E-state index contributed by atoms with van der Waals surface area (Å²) in [5.74, 6) is -0.266. The minimum Gasteiger partial charge on any atom is -0.389 e. The summed E-state index contributed by atoms with van der Waals surface area (Å²) in [5, 5.41) is 12.8. The fourth-order valence-corrected chi connectivity index (χ4v) is 1.57. The zero-order chi connectivity index (χ0) is 12.1. The van der Waals surface area contributed by atoms with Gasteiger partial charge in [0.2, 0.25) is 0 Å². The van der Waals surface area contributed by atoms with Crippen LogP contribution >= 0.6 is 0 Å². The van der Waals surface area contributed by atoms with Gasteiger partial charge in [-0.25, -0.2) is 4.39 Å². The van der Waals surface area contributed by atoms with Crippen LogP contribution in [0.1, 0.15) is 18.4 Å². The molecule has 1 aliphatic carbocycles. The molecule has 0 radical (unpaired) electrons. The largest absolute Gasteiger partial charge is 0.389 e. The number of hydrogen-bond donors (Lipinski definition) is 2. The minimum atomic E-state index is -0.526. The van der Waals surface area contributed by atoms with Gasteiger partial charge in [0.15, 0.2) is 0 Å². The molecular formula is C13H18FNO2. The molecule has 1 unspecified atom stereocenters. The van der Waals surface area contributed by atoms with Crippen molar-refractivity contribution in [3.63, 3.8) is 0 Å². The zero-order valence-corrected chi connectivity index (χ0v) is 9.73. The van der Waals surface area contributed by atoms with Crippen LogP contribution in [0.3, 0.4) is 0 Å². The van der Waals surface area contributed by atoms with E-state index in [0.717, 1.165) is 0 Å². The number of rotatable bonds is 7. The van der Waals surface area contributed by atoms with Crippen LogP contribution in [0.2, 0.25) is 0 Å². The SMILES string of the molecule is OC(CNC1CC1)COCc1ccccc1F. The molecule has 0 aromatic heterocycles. The third-order valence-electron chi connectivity index (χ3n) is 2.75. The van der Waals surface area contributed by atoms with Gasteiger partial charge in [0.25, 0.3) is 0 Å². The number of ether oxygens (including phenoxy) is 1. The average molecular weight is 239 g/mol.